The molecule has 64 heavy (non-hydrogen) atoms. The fourth-order valence-corrected chi connectivity index (χ4v) is 8.56. The van der Waals surface area contributed by atoms with Gasteiger partial charge in [-0.25, -0.2) is 0 Å². The lowest BCUT2D eigenvalue weighted by molar-refractivity contribution is 0.302. The number of unbranched alkanes of at least 4 members (excludes halogenated alkanes) is 35. The highest BCUT2D eigenvalue weighted by Gasteiger charge is 2.04. The Morgan fingerprint density at radius 1 is 0.344 bits per heavy atom. The van der Waals surface area contributed by atoms with Crippen molar-refractivity contribution in [2.24, 2.45) is 9.98 Å². The maximum Gasteiger partial charge on any atom is 0.128 e. The van der Waals surface area contributed by atoms with Crippen LogP contribution in [0.2, 0.25) is 0 Å². The summed E-state index contributed by atoms with van der Waals surface area (Å²) in [6.45, 7) is 7.52. The SMILES string of the molecule is CCCCCCCCCCCCCCCCCCOc1ccc(C=NCCCCCCCCN=Cc2ccc(OCCCCCCCCCCCCCCCCCC)cc2O)c(O)c1. The molecule has 0 fully saturated rings. The molecule has 6 heteroatoms. The summed E-state index contributed by atoms with van der Waals surface area (Å²) in [6.07, 6.45) is 54.0. The molecule has 0 atom stereocenters. The number of hydrogen-bond donors (Lipinski definition) is 2. The zero-order valence-electron chi connectivity index (χ0n) is 41.9. The molecule has 2 N–H and O–H groups in total. The number of phenolic OH excluding ortho intramolecular Hbond substituents is 2. The van der Waals surface area contributed by atoms with Gasteiger partial charge in [0, 0.05) is 48.8 Å². The third kappa shape index (κ3) is 34.3. The first kappa shape index (κ1) is 57.1. The van der Waals surface area contributed by atoms with Gasteiger partial charge in [-0.3, -0.25) is 9.98 Å². The predicted octanol–water partition coefficient (Wildman–Crippen LogP) is 18.3. The second kappa shape index (κ2) is 43.9. The number of nitrogens with zero attached hydrogens (tertiary/aromatic N) is 2. The largest absolute Gasteiger partial charge is 0.507 e. The van der Waals surface area contributed by atoms with Crippen LogP contribution in [0.25, 0.3) is 0 Å². The molecular weight excluding hydrogens is 789 g/mol. The molecule has 2 aromatic carbocycles. The van der Waals surface area contributed by atoms with E-state index in [1.165, 1.54) is 205 Å². The summed E-state index contributed by atoms with van der Waals surface area (Å²) in [7, 11) is 0. The molecule has 0 saturated carbocycles. The number of phenols is 2. The van der Waals surface area contributed by atoms with E-state index in [1.54, 1.807) is 24.6 Å². The minimum atomic E-state index is 0.230. The number of benzene rings is 2. The first-order chi connectivity index (χ1) is 31.6. The van der Waals surface area contributed by atoms with Crippen molar-refractivity contribution < 1.29 is 19.7 Å². The Kier molecular flexibility index (Phi) is 39.1. The van der Waals surface area contributed by atoms with Gasteiger partial charge in [-0.2, -0.15) is 0 Å². The van der Waals surface area contributed by atoms with Crippen molar-refractivity contribution in [1.29, 1.82) is 0 Å². The monoisotopic (exact) mass is 889 g/mol. The van der Waals surface area contributed by atoms with Crippen LogP contribution >= 0.6 is 0 Å². The zero-order chi connectivity index (χ0) is 45.6. The average Bonchev–Trinajstić information content (AvgIpc) is 3.30. The first-order valence-electron chi connectivity index (χ1n) is 27.5. The second-order valence-corrected chi connectivity index (χ2v) is 18.9. The molecule has 0 aromatic heterocycles. The number of hydrogen-bond acceptors (Lipinski definition) is 6. The molecule has 2 rings (SSSR count). The van der Waals surface area contributed by atoms with Gasteiger partial charge in [0.15, 0.2) is 0 Å². The van der Waals surface area contributed by atoms with Gasteiger partial charge in [-0.05, 0) is 49.9 Å². The van der Waals surface area contributed by atoms with Crippen molar-refractivity contribution in [2.75, 3.05) is 26.3 Å². The standard InChI is InChI=1S/C58H100N2O4/c1-3-5-7-9-11-13-15-17-19-21-23-25-27-31-35-39-47-63-55-43-41-53(57(61)49-55)51-59-45-37-33-29-30-34-38-46-60-52-54-42-44-56(50-58(54)62)64-48-40-36-32-28-26-24-22-20-18-16-14-12-10-8-6-4-2/h41-44,49-52,61-62H,3-40,45-48H2,1-2H3. The summed E-state index contributed by atoms with van der Waals surface area (Å²) < 4.78 is 11.8. The molecule has 0 radical (unpaired) electrons. The smallest absolute Gasteiger partial charge is 0.128 e. The quantitative estimate of drug-likeness (QED) is 0.0512. The molecule has 0 saturated heterocycles. The third-order valence-corrected chi connectivity index (χ3v) is 12.8. The van der Waals surface area contributed by atoms with Gasteiger partial charge in [0.25, 0.3) is 0 Å². The van der Waals surface area contributed by atoms with Crippen molar-refractivity contribution in [3.63, 3.8) is 0 Å². The maximum atomic E-state index is 10.5. The topological polar surface area (TPSA) is 83.6 Å². The molecule has 0 aliphatic heterocycles. The van der Waals surface area contributed by atoms with Gasteiger partial charge in [0.1, 0.15) is 23.0 Å². The fraction of sp³-hybridized carbons (Fsp3) is 0.759. The summed E-state index contributed by atoms with van der Waals surface area (Å²) in [5.74, 6) is 1.92. The normalized spacial score (nSPS) is 11.7. The number of rotatable bonds is 47. The lowest BCUT2D eigenvalue weighted by atomic mass is 10.0. The van der Waals surface area contributed by atoms with Crippen LogP contribution < -0.4 is 9.47 Å². The van der Waals surface area contributed by atoms with E-state index in [4.69, 9.17) is 9.47 Å². The van der Waals surface area contributed by atoms with Crippen LogP contribution in [-0.2, 0) is 0 Å². The molecule has 6 nitrogen and oxygen atoms in total. The molecule has 0 aliphatic rings. The van der Waals surface area contributed by atoms with E-state index in [0.29, 0.717) is 13.2 Å². The van der Waals surface area contributed by atoms with Gasteiger partial charge >= 0.3 is 0 Å². The second-order valence-electron chi connectivity index (χ2n) is 18.9. The molecule has 0 aliphatic carbocycles. The van der Waals surface area contributed by atoms with E-state index in [1.807, 2.05) is 24.3 Å². The minimum Gasteiger partial charge on any atom is -0.507 e. The summed E-state index contributed by atoms with van der Waals surface area (Å²) in [6, 6.07) is 11.1. The molecule has 0 amide bonds. The summed E-state index contributed by atoms with van der Waals surface area (Å²) in [5.41, 5.74) is 1.49. The van der Waals surface area contributed by atoms with Crippen LogP contribution in [0.4, 0.5) is 0 Å². The van der Waals surface area contributed by atoms with E-state index >= 15 is 0 Å². The van der Waals surface area contributed by atoms with Crippen LogP contribution in [-0.4, -0.2) is 48.9 Å². The van der Waals surface area contributed by atoms with Gasteiger partial charge in [0.05, 0.1) is 13.2 Å². The number of aromatic hydroxyl groups is 2. The highest BCUT2D eigenvalue weighted by molar-refractivity contribution is 5.84. The lowest BCUT2D eigenvalue weighted by Gasteiger charge is -2.08. The van der Waals surface area contributed by atoms with Crippen molar-refractivity contribution in [3.8, 4) is 23.0 Å². The Bertz CT molecular complexity index is 1270. The van der Waals surface area contributed by atoms with Gasteiger partial charge in [-0.15, -0.1) is 0 Å². The number of ether oxygens (including phenoxy) is 2. The van der Waals surface area contributed by atoms with E-state index in [9.17, 15) is 10.2 Å². The van der Waals surface area contributed by atoms with Gasteiger partial charge in [-0.1, -0.05) is 232 Å². The Morgan fingerprint density at radius 3 is 0.859 bits per heavy atom. The molecule has 2 aromatic rings. The van der Waals surface area contributed by atoms with Gasteiger partial charge in [0.2, 0.25) is 0 Å². The zero-order valence-corrected chi connectivity index (χ0v) is 41.9. The Labute approximate surface area is 395 Å². The average molecular weight is 889 g/mol. The third-order valence-electron chi connectivity index (χ3n) is 12.8. The van der Waals surface area contributed by atoms with Crippen molar-refractivity contribution in [2.45, 2.75) is 258 Å². The maximum absolute atomic E-state index is 10.5. The predicted molar refractivity (Wildman–Crippen MR) is 279 cm³/mol. The van der Waals surface area contributed by atoms with E-state index in [2.05, 4.69) is 23.8 Å². The Balaban J connectivity index is 1.37. The van der Waals surface area contributed by atoms with Crippen LogP contribution in [0.15, 0.2) is 46.4 Å². The van der Waals surface area contributed by atoms with Crippen LogP contribution in [0.5, 0.6) is 23.0 Å². The van der Waals surface area contributed by atoms with Crippen molar-refractivity contribution in [3.05, 3.63) is 47.5 Å². The molecule has 0 unspecified atom stereocenters. The van der Waals surface area contributed by atoms with E-state index < -0.39 is 0 Å². The summed E-state index contributed by atoms with van der Waals surface area (Å²) in [4.78, 5) is 9.12. The first-order valence-corrected chi connectivity index (χ1v) is 27.5. The van der Waals surface area contributed by atoms with Gasteiger partial charge < -0.3 is 19.7 Å². The Hall–Kier alpha value is -3.02. The lowest BCUT2D eigenvalue weighted by Crippen LogP contribution is -1.98. The van der Waals surface area contributed by atoms with E-state index in [-0.39, 0.29) is 11.5 Å². The van der Waals surface area contributed by atoms with Crippen LogP contribution in [0.1, 0.15) is 269 Å². The Morgan fingerprint density at radius 2 is 0.594 bits per heavy atom. The highest BCUT2D eigenvalue weighted by atomic mass is 16.5. The number of aliphatic imine (C=N–C) groups is 2. The molecular formula is C58H100N2O4. The fourth-order valence-electron chi connectivity index (χ4n) is 8.56. The molecule has 0 spiro atoms. The summed E-state index contributed by atoms with van der Waals surface area (Å²) >= 11 is 0. The van der Waals surface area contributed by atoms with Crippen LogP contribution in [0, 0.1) is 0 Å². The molecule has 0 heterocycles. The van der Waals surface area contributed by atoms with Crippen molar-refractivity contribution in [1.82, 2.24) is 0 Å². The van der Waals surface area contributed by atoms with Crippen molar-refractivity contribution >= 4 is 12.4 Å². The molecule has 0 bridgehead atoms. The van der Waals surface area contributed by atoms with Crippen LogP contribution in [0.3, 0.4) is 0 Å². The highest BCUT2D eigenvalue weighted by Crippen LogP contribution is 2.25. The molecule has 366 valence electrons. The van der Waals surface area contributed by atoms with E-state index in [0.717, 1.165) is 74.2 Å². The minimum absolute atomic E-state index is 0.230. The summed E-state index contributed by atoms with van der Waals surface area (Å²) in [5, 5.41) is 21.0.